The fraction of sp³-hybridized carbons (Fsp3) is 0.562. The smallest absolute Gasteiger partial charge is 0.314 e. The van der Waals surface area contributed by atoms with E-state index in [-0.39, 0.29) is 18.7 Å². The van der Waals surface area contributed by atoms with Gasteiger partial charge in [0, 0.05) is 23.7 Å². The molecular formula is C16H23ClN2O3. The van der Waals surface area contributed by atoms with E-state index < -0.39 is 5.60 Å². The third kappa shape index (κ3) is 4.87. The summed E-state index contributed by atoms with van der Waals surface area (Å²) in [6, 6.07) is 6.77. The molecule has 1 fully saturated rings. The average molecular weight is 327 g/mol. The van der Waals surface area contributed by atoms with Crippen molar-refractivity contribution in [2.45, 2.75) is 37.9 Å². The van der Waals surface area contributed by atoms with Crippen LogP contribution in [0, 0.1) is 0 Å². The van der Waals surface area contributed by atoms with Gasteiger partial charge in [0.25, 0.3) is 0 Å². The normalized spacial score (nSPS) is 20.4. The predicted molar refractivity (Wildman–Crippen MR) is 86.0 cm³/mol. The van der Waals surface area contributed by atoms with Gasteiger partial charge < -0.3 is 20.5 Å². The van der Waals surface area contributed by atoms with Gasteiger partial charge in [-0.3, -0.25) is 0 Å². The van der Waals surface area contributed by atoms with Gasteiger partial charge in [0.15, 0.2) is 0 Å². The van der Waals surface area contributed by atoms with Crippen LogP contribution < -0.4 is 10.6 Å². The Kier molecular flexibility index (Phi) is 6.06. The van der Waals surface area contributed by atoms with E-state index in [2.05, 4.69) is 10.6 Å². The first-order chi connectivity index (χ1) is 10.5. The molecule has 1 aromatic carbocycles. The molecule has 1 heterocycles. The number of halogens is 1. The first kappa shape index (κ1) is 17.1. The predicted octanol–water partition coefficient (Wildman–Crippen LogP) is 2.42. The zero-order valence-electron chi connectivity index (χ0n) is 12.8. The standard InChI is InChI=1S/C16H23ClN2O3/c1-16(21,13-6-2-3-7-14(13)17)11-19-15(20)18-9-8-12-5-4-10-22-12/h2-3,6-7,12,21H,4-5,8-11H2,1H3,(H2,18,19,20)/t12-,16+/m1/s1. The number of carbonyl (C=O) groups is 1. The second-order valence-corrected chi connectivity index (χ2v) is 6.19. The highest BCUT2D eigenvalue weighted by Crippen LogP contribution is 2.27. The lowest BCUT2D eigenvalue weighted by atomic mass is 9.96. The van der Waals surface area contributed by atoms with E-state index >= 15 is 0 Å². The molecule has 6 heteroatoms. The molecule has 0 saturated carbocycles. The van der Waals surface area contributed by atoms with Crippen molar-refractivity contribution >= 4 is 17.6 Å². The minimum Gasteiger partial charge on any atom is -0.384 e. The monoisotopic (exact) mass is 326 g/mol. The molecule has 0 aromatic heterocycles. The molecule has 0 unspecified atom stereocenters. The Morgan fingerprint density at radius 1 is 1.45 bits per heavy atom. The van der Waals surface area contributed by atoms with Crippen molar-refractivity contribution in [3.8, 4) is 0 Å². The molecule has 0 aliphatic carbocycles. The molecule has 3 N–H and O–H groups in total. The molecule has 1 aromatic rings. The van der Waals surface area contributed by atoms with Gasteiger partial charge in [0.1, 0.15) is 5.60 Å². The SMILES string of the molecule is C[C@](O)(CNC(=O)NCC[C@H]1CCCO1)c1ccccc1Cl. The summed E-state index contributed by atoms with van der Waals surface area (Å²) in [6.45, 7) is 3.09. The van der Waals surface area contributed by atoms with Crippen LogP contribution in [-0.2, 0) is 10.3 Å². The molecule has 122 valence electrons. The molecular weight excluding hydrogens is 304 g/mol. The van der Waals surface area contributed by atoms with Gasteiger partial charge in [-0.25, -0.2) is 4.79 Å². The maximum atomic E-state index is 11.8. The highest BCUT2D eigenvalue weighted by atomic mass is 35.5. The first-order valence-corrected chi connectivity index (χ1v) is 7.97. The van der Waals surface area contributed by atoms with E-state index in [1.165, 1.54) is 0 Å². The van der Waals surface area contributed by atoms with Gasteiger partial charge in [-0.1, -0.05) is 29.8 Å². The van der Waals surface area contributed by atoms with Gasteiger partial charge in [-0.05, 0) is 32.3 Å². The summed E-state index contributed by atoms with van der Waals surface area (Å²) in [6.07, 6.45) is 3.22. The van der Waals surface area contributed by atoms with E-state index in [0.717, 1.165) is 25.9 Å². The van der Waals surface area contributed by atoms with Crippen molar-refractivity contribution in [3.05, 3.63) is 34.9 Å². The minimum atomic E-state index is -1.22. The maximum absolute atomic E-state index is 11.8. The molecule has 22 heavy (non-hydrogen) atoms. The highest BCUT2D eigenvalue weighted by Gasteiger charge is 2.26. The van der Waals surface area contributed by atoms with Crippen LogP contribution in [0.4, 0.5) is 4.79 Å². The van der Waals surface area contributed by atoms with Crippen molar-refractivity contribution < 1.29 is 14.6 Å². The molecule has 0 bridgehead atoms. The molecule has 2 amide bonds. The van der Waals surface area contributed by atoms with E-state index in [9.17, 15) is 9.90 Å². The van der Waals surface area contributed by atoms with E-state index in [0.29, 0.717) is 17.1 Å². The number of rotatable bonds is 6. The second kappa shape index (κ2) is 7.81. The second-order valence-electron chi connectivity index (χ2n) is 5.79. The van der Waals surface area contributed by atoms with Crippen molar-refractivity contribution in [1.29, 1.82) is 0 Å². The van der Waals surface area contributed by atoms with Gasteiger partial charge in [0.05, 0.1) is 12.6 Å². The van der Waals surface area contributed by atoms with Crippen molar-refractivity contribution in [1.82, 2.24) is 10.6 Å². The van der Waals surface area contributed by atoms with Crippen LogP contribution in [0.3, 0.4) is 0 Å². The largest absolute Gasteiger partial charge is 0.384 e. The number of ether oxygens (including phenoxy) is 1. The third-order valence-corrected chi connectivity index (χ3v) is 4.15. The topological polar surface area (TPSA) is 70.6 Å². The van der Waals surface area contributed by atoms with Crippen LogP contribution in [0.5, 0.6) is 0 Å². The molecule has 2 rings (SSSR count). The Balaban J connectivity index is 1.74. The molecule has 1 saturated heterocycles. The van der Waals surface area contributed by atoms with Gasteiger partial charge in [0.2, 0.25) is 0 Å². The van der Waals surface area contributed by atoms with Crippen LogP contribution in [0.1, 0.15) is 31.7 Å². The fourth-order valence-electron chi connectivity index (χ4n) is 2.53. The average Bonchev–Trinajstić information content (AvgIpc) is 2.99. The number of benzene rings is 1. The lowest BCUT2D eigenvalue weighted by molar-refractivity contribution is 0.0593. The molecule has 1 aliphatic rings. The summed E-state index contributed by atoms with van der Waals surface area (Å²) in [5, 5.41) is 16.4. The Morgan fingerprint density at radius 2 is 2.23 bits per heavy atom. The summed E-state index contributed by atoms with van der Waals surface area (Å²) < 4.78 is 5.49. The Morgan fingerprint density at radius 3 is 2.91 bits per heavy atom. The van der Waals surface area contributed by atoms with Crippen LogP contribution >= 0.6 is 11.6 Å². The van der Waals surface area contributed by atoms with Crippen LogP contribution in [0.15, 0.2) is 24.3 Å². The summed E-state index contributed by atoms with van der Waals surface area (Å²) >= 11 is 6.08. The first-order valence-electron chi connectivity index (χ1n) is 7.60. The Bertz CT molecular complexity index is 502. The van der Waals surface area contributed by atoms with Crippen LogP contribution in [0.2, 0.25) is 5.02 Å². The Hall–Kier alpha value is -1.30. The maximum Gasteiger partial charge on any atom is 0.314 e. The number of aliphatic hydroxyl groups is 1. The van der Waals surface area contributed by atoms with Crippen LogP contribution in [-0.4, -0.2) is 36.9 Å². The highest BCUT2D eigenvalue weighted by molar-refractivity contribution is 6.31. The molecule has 5 nitrogen and oxygen atoms in total. The molecule has 0 radical (unpaired) electrons. The molecule has 0 spiro atoms. The molecule has 1 aliphatic heterocycles. The Labute approximate surface area is 136 Å². The number of nitrogens with one attached hydrogen (secondary N) is 2. The van der Waals surface area contributed by atoms with E-state index in [1.54, 1.807) is 31.2 Å². The van der Waals surface area contributed by atoms with Crippen LogP contribution in [0.25, 0.3) is 0 Å². The van der Waals surface area contributed by atoms with E-state index in [1.807, 2.05) is 0 Å². The quantitative estimate of drug-likeness (QED) is 0.752. The number of amides is 2. The lowest BCUT2D eigenvalue weighted by Crippen LogP contribution is -2.44. The summed E-state index contributed by atoms with van der Waals surface area (Å²) in [4.78, 5) is 11.8. The van der Waals surface area contributed by atoms with E-state index in [4.69, 9.17) is 16.3 Å². The van der Waals surface area contributed by atoms with Gasteiger partial charge in [-0.2, -0.15) is 0 Å². The zero-order valence-corrected chi connectivity index (χ0v) is 13.5. The zero-order chi connectivity index (χ0) is 16.0. The lowest BCUT2D eigenvalue weighted by Gasteiger charge is -2.25. The fourth-order valence-corrected chi connectivity index (χ4v) is 2.87. The van der Waals surface area contributed by atoms with Gasteiger partial charge in [-0.15, -0.1) is 0 Å². The van der Waals surface area contributed by atoms with Crippen molar-refractivity contribution in [2.24, 2.45) is 0 Å². The minimum absolute atomic E-state index is 0.0858. The van der Waals surface area contributed by atoms with Crippen molar-refractivity contribution in [3.63, 3.8) is 0 Å². The summed E-state index contributed by atoms with van der Waals surface area (Å²) in [5.41, 5.74) is -0.624. The summed E-state index contributed by atoms with van der Waals surface area (Å²) in [7, 11) is 0. The number of hydrogen-bond acceptors (Lipinski definition) is 3. The third-order valence-electron chi connectivity index (χ3n) is 3.82. The number of urea groups is 1. The van der Waals surface area contributed by atoms with Gasteiger partial charge >= 0.3 is 6.03 Å². The molecule has 2 atom stereocenters. The summed E-state index contributed by atoms with van der Waals surface area (Å²) in [5.74, 6) is 0. The van der Waals surface area contributed by atoms with Crippen molar-refractivity contribution in [2.75, 3.05) is 19.7 Å². The number of carbonyl (C=O) groups excluding carboxylic acids is 1. The number of hydrogen-bond donors (Lipinski definition) is 3.